The van der Waals surface area contributed by atoms with Crippen LogP contribution in [0.2, 0.25) is 0 Å². The molecule has 0 unspecified atom stereocenters. The number of amides is 1. The van der Waals surface area contributed by atoms with E-state index >= 15 is 0 Å². The van der Waals surface area contributed by atoms with E-state index in [1.165, 1.54) is 44.9 Å². The Hall–Kier alpha value is -1.18. The maximum Gasteiger partial charge on any atom is 0.307 e. The lowest BCUT2D eigenvalue weighted by atomic mass is 10.1. The quantitative estimate of drug-likeness (QED) is 0.169. The van der Waals surface area contributed by atoms with Crippen LogP contribution in [0.1, 0.15) is 77.6 Å². The molecule has 7 nitrogen and oxygen atoms in total. The highest BCUT2D eigenvalue weighted by Gasteiger charge is 2.19. The summed E-state index contributed by atoms with van der Waals surface area (Å²) in [5.41, 5.74) is 5.28. The van der Waals surface area contributed by atoms with Gasteiger partial charge in [-0.15, -0.1) is 0 Å². The molecule has 0 rings (SSSR count). The van der Waals surface area contributed by atoms with Crippen molar-refractivity contribution in [3.05, 3.63) is 0 Å². The van der Waals surface area contributed by atoms with Crippen molar-refractivity contribution in [3.8, 4) is 0 Å². The molecule has 0 fully saturated rings. The average molecular weight is 360 g/mol. The molecule has 0 bridgehead atoms. The molecule has 0 radical (unpaired) electrons. The lowest BCUT2D eigenvalue weighted by Crippen LogP contribution is -2.44. The fraction of sp³-hybridized carbons (Fsp3) is 0.889. The summed E-state index contributed by atoms with van der Waals surface area (Å²) in [5.74, 6) is -1.27. The zero-order valence-corrected chi connectivity index (χ0v) is 15.6. The Balaban J connectivity index is 3.45. The average Bonchev–Trinajstić information content (AvgIpc) is 2.62. The van der Waals surface area contributed by atoms with E-state index in [2.05, 4.69) is 6.92 Å². The molecule has 0 saturated carbocycles. The Kier molecular flexibility index (Phi) is 15.5. The second kappa shape index (κ2) is 16.3. The van der Waals surface area contributed by atoms with E-state index in [4.69, 9.17) is 15.6 Å². The Morgan fingerprint density at radius 2 is 1.52 bits per heavy atom. The van der Waals surface area contributed by atoms with Gasteiger partial charge in [-0.1, -0.05) is 64.7 Å². The number of aliphatic hydroxyl groups excluding tert-OH is 1. The Morgan fingerprint density at radius 3 is 2.04 bits per heavy atom. The van der Waals surface area contributed by atoms with Crippen molar-refractivity contribution in [2.24, 2.45) is 5.73 Å². The van der Waals surface area contributed by atoms with Crippen LogP contribution in [0, 0.1) is 0 Å². The molecule has 0 aromatic heterocycles. The zero-order valence-electron chi connectivity index (χ0n) is 15.6. The third-order valence-corrected chi connectivity index (χ3v) is 4.06. The molecule has 1 amide bonds. The van der Waals surface area contributed by atoms with Gasteiger partial charge in [-0.05, 0) is 6.42 Å². The van der Waals surface area contributed by atoms with E-state index in [1.54, 1.807) is 0 Å². The lowest BCUT2D eigenvalue weighted by molar-refractivity contribution is -0.170. The van der Waals surface area contributed by atoms with E-state index < -0.39 is 24.5 Å². The second-order valence-electron chi connectivity index (χ2n) is 6.40. The predicted octanol–water partition coefficient (Wildman–Crippen LogP) is 2.38. The fourth-order valence-electron chi connectivity index (χ4n) is 2.42. The number of hydroxylamine groups is 2. The SMILES string of the molecule is CCCCCCCCCCCCOC(=O)CCN(O)C(=O)[C@@H](N)CO. The van der Waals surface area contributed by atoms with Crippen LogP contribution in [-0.2, 0) is 14.3 Å². The normalized spacial score (nSPS) is 12.0. The number of rotatable bonds is 16. The van der Waals surface area contributed by atoms with Crippen molar-refractivity contribution in [1.29, 1.82) is 0 Å². The van der Waals surface area contributed by atoms with Crippen molar-refractivity contribution in [3.63, 3.8) is 0 Å². The van der Waals surface area contributed by atoms with Gasteiger partial charge in [0.05, 0.1) is 26.2 Å². The Morgan fingerprint density at radius 1 is 1.00 bits per heavy atom. The lowest BCUT2D eigenvalue weighted by Gasteiger charge is -2.17. The smallest absolute Gasteiger partial charge is 0.307 e. The van der Waals surface area contributed by atoms with Crippen LogP contribution in [0.15, 0.2) is 0 Å². The summed E-state index contributed by atoms with van der Waals surface area (Å²) in [6.45, 7) is 1.84. The third-order valence-electron chi connectivity index (χ3n) is 4.06. The van der Waals surface area contributed by atoms with Crippen molar-refractivity contribution >= 4 is 11.9 Å². The highest BCUT2D eigenvalue weighted by Crippen LogP contribution is 2.10. The van der Waals surface area contributed by atoms with Crippen LogP contribution < -0.4 is 5.73 Å². The van der Waals surface area contributed by atoms with Crippen LogP contribution in [-0.4, -0.2) is 53.1 Å². The number of carbonyl (C=O) groups excluding carboxylic acids is 2. The highest BCUT2D eigenvalue weighted by atomic mass is 16.5. The molecule has 0 spiro atoms. The van der Waals surface area contributed by atoms with Gasteiger partial charge in [0.2, 0.25) is 0 Å². The number of aliphatic hydroxyl groups is 1. The summed E-state index contributed by atoms with van der Waals surface area (Å²) in [7, 11) is 0. The Labute approximate surface area is 151 Å². The summed E-state index contributed by atoms with van der Waals surface area (Å²) in [4.78, 5) is 22.9. The van der Waals surface area contributed by atoms with Crippen LogP contribution in [0.4, 0.5) is 0 Å². The molecule has 0 heterocycles. The first-order valence-corrected chi connectivity index (χ1v) is 9.55. The number of unbranched alkanes of at least 4 members (excludes halogenated alkanes) is 9. The second-order valence-corrected chi connectivity index (χ2v) is 6.40. The van der Waals surface area contributed by atoms with Crippen molar-refractivity contribution < 1.29 is 24.6 Å². The molecule has 0 aromatic rings. The summed E-state index contributed by atoms with van der Waals surface area (Å²) in [5, 5.41) is 18.5. The van der Waals surface area contributed by atoms with Gasteiger partial charge < -0.3 is 15.6 Å². The van der Waals surface area contributed by atoms with E-state index in [0.717, 1.165) is 19.3 Å². The summed E-state index contributed by atoms with van der Waals surface area (Å²) in [6.07, 6.45) is 12.0. The van der Waals surface area contributed by atoms with Crippen LogP contribution >= 0.6 is 0 Å². The highest BCUT2D eigenvalue weighted by molar-refractivity contribution is 5.81. The molecule has 0 aromatic carbocycles. The number of esters is 1. The standard InChI is InChI=1S/C18H36N2O5/c1-2-3-4-5-6-7-8-9-10-11-14-25-17(22)12-13-20(24)18(23)16(19)15-21/h16,21,24H,2-15,19H2,1H3/t16-/m0/s1. The van der Waals surface area contributed by atoms with Crippen molar-refractivity contribution in [1.82, 2.24) is 5.06 Å². The first-order valence-electron chi connectivity index (χ1n) is 9.55. The molecule has 0 aliphatic rings. The molecule has 0 aliphatic heterocycles. The Bertz CT molecular complexity index is 352. The molecular weight excluding hydrogens is 324 g/mol. The van der Waals surface area contributed by atoms with Gasteiger partial charge in [-0.2, -0.15) is 0 Å². The summed E-state index contributed by atoms with van der Waals surface area (Å²) in [6, 6.07) is -1.17. The first-order chi connectivity index (χ1) is 12.0. The van der Waals surface area contributed by atoms with E-state index in [1.807, 2.05) is 0 Å². The number of hydrogen-bond donors (Lipinski definition) is 3. The van der Waals surface area contributed by atoms with Crippen LogP contribution in [0.25, 0.3) is 0 Å². The minimum absolute atomic E-state index is 0.0991. The van der Waals surface area contributed by atoms with Gasteiger partial charge >= 0.3 is 5.97 Å². The number of carbonyl (C=O) groups is 2. The fourth-order valence-corrected chi connectivity index (χ4v) is 2.42. The number of hydrogen-bond acceptors (Lipinski definition) is 6. The van der Waals surface area contributed by atoms with Crippen LogP contribution in [0.3, 0.4) is 0 Å². The molecule has 0 saturated heterocycles. The topological polar surface area (TPSA) is 113 Å². The molecule has 7 heteroatoms. The monoisotopic (exact) mass is 360 g/mol. The molecule has 25 heavy (non-hydrogen) atoms. The molecule has 1 atom stereocenters. The zero-order chi connectivity index (χ0) is 18.9. The minimum Gasteiger partial charge on any atom is -0.466 e. The van der Waals surface area contributed by atoms with Gasteiger partial charge in [0, 0.05) is 0 Å². The maximum atomic E-state index is 11.5. The molecular formula is C18H36N2O5. The van der Waals surface area contributed by atoms with Gasteiger partial charge in [0.1, 0.15) is 6.04 Å². The maximum absolute atomic E-state index is 11.5. The number of nitrogens with two attached hydrogens (primary N) is 1. The summed E-state index contributed by atoms with van der Waals surface area (Å²) >= 11 is 0. The number of nitrogens with zero attached hydrogens (tertiary/aromatic N) is 1. The first kappa shape index (κ1) is 23.8. The van der Waals surface area contributed by atoms with E-state index in [0.29, 0.717) is 11.7 Å². The molecule has 148 valence electrons. The summed E-state index contributed by atoms with van der Waals surface area (Å²) < 4.78 is 5.06. The third kappa shape index (κ3) is 13.8. The van der Waals surface area contributed by atoms with Gasteiger partial charge in [-0.3, -0.25) is 14.8 Å². The molecule has 0 aliphatic carbocycles. The number of ether oxygens (including phenoxy) is 1. The predicted molar refractivity (Wildman–Crippen MR) is 96.0 cm³/mol. The van der Waals surface area contributed by atoms with Crippen LogP contribution in [0.5, 0.6) is 0 Å². The van der Waals surface area contributed by atoms with Gasteiger partial charge in [0.25, 0.3) is 5.91 Å². The molecule has 4 N–H and O–H groups in total. The van der Waals surface area contributed by atoms with Crippen molar-refractivity contribution in [2.75, 3.05) is 19.8 Å². The largest absolute Gasteiger partial charge is 0.466 e. The van der Waals surface area contributed by atoms with Gasteiger partial charge in [-0.25, -0.2) is 5.06 Å². The van der Waals surface area contributed by atoms with E-state index in [-0.39, 0.29) is 13.0 Å². The minimum atomic E-state index is -1.17. The van der Waals surface area contributed by atoms with Gasteiger partial charge in [0.15, 0.2) is 0 Å². The van der Waals surface area contributed by atoms with Crippen molar-refractivity contribution in [2.45, 2.75) is 83.6 Å². The van der Waals surface area contributed by atoms with E-state index in [9.17, 15) is 14.8 Å².